The van der Waals surface area contributed by atoms with Crippen LogP contribution in [-0.2, 0) is 0 Å². The number of nitrogens with one attached hydrogen (secondary N) is 1. The van der Waals surface area contributed by atoms with Crippen LogP contribution in [0.4, 0.5) is 0 Å². The fourth-order valence-electron chi connectivity index (χ4n) is 2.60. The van der Waals surface area contributed by atoms with Crippen molar-refractivity contribution >= 4 is 35.0 Å². The Kier molecular flexibility index (Phi) is 6.34. The molecule has 0 aromatic heterocycles. The lowest BCUT2D eigenvalue weighted by Gasteiger charge is -2.29. The smallest absolute Gasteiger partial charge is 0.0603 e. The first-order valence-corrected chi connectivity index (χ1v) is 8.72. The molecule has 1 aliphatic carbocycles. The number of halogens is 2. The van der Waals surface area contributed by atoms with Gasteiger partial charge in [-0.15, -0.1) is 11.8 Å². The fourth-order valence-corrected chi connectivity index (χ4v) is 3.78. The Morgan fingerprint density at radius 2 is 2.00 bits per heavy atom. The largest absolute Gasteiger partial charge is 0.313 e. The van der Waals surface area contributed by atoms with Gasteiger partial charge in [-0.25, -0.2) is 0 Å². The maximum Gasteiger partial charge on any atom is 0.0603 e. The van der Waals surface area contributed by atoms with Gasteiger partial charge in [0.05, 0.1) is 10.0 Å². The van der Waals surface area contributed by atoms with Crippen molar-refractivity contribution in [1.82, 2.24) is 5.32 Å². The van der Waals surface area contributed by atoms with Crippen LogP contribution in [0.15, 0.2) is 23.1 Å². The maximum atomic E-state index is 6.01. The quantitative estimate of drug-likeness (QED) is 0.587. The molecule has 1 fully saturated rings. The molecular formula is C15H21Cl2NS. The first kappa shape index (κ1) is 15.5. The third-order valence-corrected chi connectivity index (χ3v) is 5.51. The molecule has 0 spiro atoms. The predicted molar refractivity (Wildman–Crippen MR) is 86.6 cm³/mol. The van der Waals surface area contributed by atoms with Gasteiger partial charge in [0.2, 0.25) is 0 Å². The number of benzene rings is 1. The number of rotatable bonds is 5. The first-order valence-electron chi connectivity index (χ1n) is 6.98. The minimum Gasteiger partial charge on any atom is -0.313 e. The summed E-state index contributed by atoms with van der Waals surface area (Å²) in [4.78, 5) is 1.19. The first-order chi connectivity index (χ1) is 9.16. The molecule has 2 unspecified atom stereocenters. The summed E-state index contributed by atoms with van der Waals surface area (Å²) in [5.41, 5.74) is 0. The molecule has 2 rings (SSSR count). The lowest BCUT2D eigenvalue weighted by Crippen LogP contribution is -2.38. The minimum atomic E-state index is 0.625. The zero-order valence-electron chi connectivity index (χ0n) is 11.3. The Bertz CT molecular complexity index is 411. The van der Waals surface area contributed by atoms with Crippen LogP contribution in [0.1, 0.15) is 32.6 Å². The summed E-state index contributed by atoms with van der Waals surface area (Å²) in [5, 5.41) is 4.95. The van der Waals surface area contributed by atoms with E-state index >= 15 is 0 Å². The molecule has 0 saturated heterocycles. The van der Waals surface area contributed by atoms with Gasteiger partial charge in [-0.2, -0.15) is 0 Å². The highest BCUT2D eigenvalue weighted by Crippen LogP contribution is 2.28. The number of thioether (sulfide) groups is 1. The summed E-state index contributed by atoms with van der Waals surface area (Å²) in [6, 6.07) is 6.55. The lowest BCUT2D eigenvalue weighted by molar-refractivity contribution is 0.285. The van der Waals surface area contributed by atoms with Crippen LogP contribution in [0.25, 0.3) is 0 Å². The second-order valence-corrected chi connectivity index (χ2v) is 7.23. The van der Waals surface area contributed by atoms with E-state index in [2.05, 4.69) is 12.2 Å². The molecule has 1 saturated carbocycles. The second kappa shape index (κ2) is 7.78. The van der Waals surface area contributed by atoms with Crippen molar-refractivity contribution in [2.24, 2.45) is 5.92 Å². The Morgan fingerprint density at radius 3 is 2.74 bits per heavy atom. The molecule has 19 heavy (non-hydrogen) atoms. The number of hydrogen-bond donors (Lipinski definition) is 1. The van der Waals surface area contributed by atoms with Gasteiger partial charge in [0.1, 0.15) is 0 Å². The third kappa shape index (κ3) is 4.86. The van der Waals surface area contributed by atoms with E-state index in [9.17, 15) is 0 Å². The van der Waals surface area contributed by atoms with Gasteiger partial charge in [0.25, 0.3) is 0 Å². The molecule has 1 nitrogen and oxygen atoms in total. The van der Waals surface area contributed by atoms with Crippen LogP contribution < -0.4 is 5.32 Å². The van der Waals surface area contributed by atoms with E-state index in [1.165, 1.54) is 30.6 Å². The molecule has 0 amide bonds. The third-order valence-electron chi connectivity index (χ3n) is 3.78. The van der Waals surface area contributed by atoms with Crippen LogP contribution in [0.2, 0.25) is 10.0 Å². The Labute approximate surface area is 130 Å². The molecule has 0 radical (unpaired) electrons. The van der Waals surface area contributed by atoms with Crippen LogP contribution in [0.3, 0.4) is 0 Å². The monoisotopic (exact) mass is 317 g/mol. The molecule has 2 atom stereocenters. The summed E-state index contributed by atoms with van der Waals surface area (Å²) in [6.07, 6.45) is 5.48. The summed E-state index contributed by atoms with van der Waals surface area (Å²) in [5.74, 6) is 1.89. The van der Waals surface area contributed by atoms with Crippen LogP contribution >= 0.6 is 35.0 Å². The van der Waals surface area contributed by atoms with Crippen LogP contribution in [-0.4, -0.2) is 18.3 Å². The molecule has 1 aromatic rings. The average molecular weight is 318 g/mol. The second-order valence-electron chi connectivity index (χ2n) is 5.25. The number of hydrogen-bond acceptors (Lipinski definition) is 2. The Balaban J connectivity index is 1.70. The molecule has 0 heterocycles. The molecule has 1 aliphatic rings. The molecular weight excluding hydrogens is 297 g/mol. The van der Waals surface area contributed by atoms with Gasteiger partial charge in [0.15, 0.2) is 0 Å². The Hall–Kier alpha value is 0.110. The van der Waals surface area contributed by atoms with E-state index in [4.69, 9.17) is 23.2 Å². The molecule has 0 aliphatic heterocycles. The predicted octanol–water partition coefficient (Wildman–Crippen LogP) is 5.25. The van der Waals surface area contributed by atoms with Gasteiger partial charge < -0.3 is 5.32 Å². The van der Waals surface area contributed by atoms with Crippen molar-refractivity contribution in [3.05, 3.63) is 28.2 Å². The van der Waals surface area contributed by atoms with Crippen LogP contribution in [0, 0.1) is 5.92 Å². The summed E-state index contributed by atoms with van der Waals surface area (Å²) >= 11 is 13.7. The fraction of sp³-hybridized carbons (Fsp3) is 0.600. The van der Waals surface area contributed by atoms with Crippen molar-refractivity contribution < 1.29 is 0 Å². The summed E-state index contributed by atoms with van der Waals surface area (Å²) in [7, 11) is 0. The van der Waals surface area contributed by atoms with Crippen molar-refractivity contribution in [2.45, 2.75) is 43.5 Å². The minimum absolute atomic E-state index is 0.625. The van der Waals surface area contributed by atoms with Crippen molar-refractivity contribution in [3.63, 3.8) is 0 Å². The van der Waals surface area contributed by atoms with Crippen molar-refractivity contribution in [1.29, 1.82) is 0 Å². The van der Waals surface area contributed by atoms with E-state index < -0.39 is 0 Å². The van der Waals surface area contributed by atoms with Crippen LogP contribution in [0.5, 0.6) is 0 Å². The molecule has 1 aromatic carbocycles. The normalized spacial score (nSPS) is 23.5. The van der Waals surface area contributed by atoms with E-state index in [0.717, 1.165) is 18.2 Å². The SMILES string of the molecule is CC1CCCCC1NCCSc1ccc(Cl)c(Cl)c1. The molecule has 0 bridgehead atoms. The molecule has 106 valence electrons. The lowest BCUT2D eigenvalue weighted by atomic mass is 9.86. The highest BCUT2D eigenvalue weighted by atomic mass is 35.5. The van der Waals surface area contributed by atoms with E-state index in [-0.39, 0.29) is 0 Å². The zero-order chi connectivity index (χ0) is 13.7. The highest BCUT2D eigenvalue weighted by molar-refractivity contribution is 7.99. The van der Waals surface area contributed by atoms with Gasteiger partial charge in [-0.1, -0.05) is 43.0 Å². The van der Waals surface area contributed by atoms with Gasteiger partial charge in [0, 0.05) is 23.2 Å². The average Bonchev–Trinajstić information content (AvgIpc) is 2.40. The van der Waals surface area contributed by atoms with Crippen molar-refractivity contribution in [3.8, 4) is 0 Å². The summed E-state index contributed by atoms with van der Waals surface area (Å²) < 4.78 is 0. The molecule has 4 heteroatoms. The highest BCUT2D eigenvalue weighted by Gasteiger charge is 2.19. The standard InChI is InChI=1S/C15H21Cl2NS/c1-11-4-2-3-5-15(11)18-8-9-19-12-6-7-13(16)14(17)10-12/h6-7,10-11,15,18H,2-5,8-9H2,1H3. The van der Waals surface area contributed by atoms with Gasteiger partial charge in [-0.05, 0) is 37.0 Å². The van der Waals surface area contributed by atoms with Gasteiger partial charge in [-0.3, -0.25) is 0 Å². The topological polar surface area (TPSA) is 12.0 Å². The zero-order valence-corrected chi connectivity index (χ0v) is 13.6. The maximum absolute atomic E-state index is 6.01. The molecule has 1 N–H and O–H groups in total. The Morgan fingerprint density at radius 1 is 1.21 bits per heavy atom. The van der Waals surface area contributed by atoms with Crippen molar-refractivity contribution in [2.75, 3.05) is 12.3 Å². The van der Waals surface area contributed by atoms with Gasteiger partial charge >= 0.3 is 0 Å². The van der Waals surface area contributed by atoms with E-state index in [1.54, 1.807) is 0 Å². The van der Waals surface area contributed by atoms with E-state index in [1.807, 2.05) is 30.0 Å². The van der Waals surface area contributed by atoms with E-state index in [0.29, 0.717) is 16.1 Å². The summed E-state index contributed by atoms with van der Waals surface area (Å²) in [6.45, 7) is 3.42.